The van der Waals surface area contributed by atoms with Crippen LogP contribution in [0.2, 0.25) is 5.02 Å². The molecule has 4 rings (SSSR count). The van der Waals surface area contributed by atoms with Crippen LogP contribution in [0.4, 0.5) is 22.7 Å². The van der Waals surface area contributed by atoms with Crippen LogP contribution >= 0.6 is 11.6 Å². The molecule has 0 aromatic heterocycles. The first-order valence-corrected chi connectivity index (χ1v) is 12.0. The van der Waals surface area contributed by atoms with Crippen LogP contribution in [-0.2, 0) is 9.53 Å². The molecule has 0 atom stereocenters. The van der Waals surface area contributed by atoms with Gasteiger partial charge in [-0.05, 0) is 24.3 Å². The second-order valence-electron chi connectivity index (χ2n) is 8.40. The van der Waals surface area contributed by atoms with Crippen molar-refractivity contribution in [1.82, 2.24) is 4.90 Å². The molecular formula is C24H28ClN5O5. The standard InChI is InChI=1S/C24H28ClN5O5/c1-2-23(31)29-9-7-27(8-10-29)22-5-3-17(15-20(22)25)26-24(32)19-16-18(30(33)34)4-6-21(19)28-11-13-35-14-12-28/h3-6,15-16H,2,7-14H2,1H3,(H,26,32). The lowest BCUT2D eigenvalue weighted by atomic mass is 10.1. The van der Waals surface area contributed by atoms with Crippen LogP contribution in [0.3, 0.4) is 0 Å². The number of carbonyl (C=O) groups is 2. The third-order valence-corrected chi connectivity index (χ3v) is 6.57. The molecule has 11 heteroatoms. The second kappa shape index (κ2) is 10.9. The summed E-state index contributed by atoms with van der Waals surface area (Å²) in [5.74, 6) is -0.308. The van der Waals surface area contributed by atoms with Crippen molar-refractivity contribution in [2.75, 3.05) is 67.6 Å². The van der Waals surface area contributed by atoms with Gasteiger partial charge in [0, 0.05) is 63.5 Å². The summed E-state index contributed by atoms with van der Waals surface area (Å²) in [6.45, 7) is 6.71. The average Bonchev–Trinajstić information content (AvgIpc) is 2.88. The fraction of sp³-hybridized carbons (Fsp3) is 0.417. The molecule has 0 saturated carbocycles. The Morgan fingerprint density at radius 1 is 1.00 bits per heavy atom. The van der Waals surface area contributed by atoms with Gasteiger partial charge in [0.15, 0.2) is 0 Å². The van der Waals surface area contributed by atoms with Gasteiger partial charge < -0.3 is 24.8 Å². The third-order valence-electron chi connectivity index (χ3n) is 6.27. The summed E-state index contributed by atoms with van der Waals surface area (Å²) >= 11 is 6.55. The molecule has 2 amide bonds. The van der Waals surface area contributed by atoms with Crippen molar-refractivity contribution in [3.05, 3.63) is 57.1 Å². The van der Waals surface area contributed by atoms with Crippen molar-refractivity contribution < 1.29 is 19.2 Å². The van der Waals surface area contributed by atoms with Crippen LogP contribution in [-0.4, -0.2) is 74.1 Å². The van der Waals surface area contributed by atoms with Crippen molar-refractivity contribution in [2.45, 2.75) is 13.3 Å². The lowest BCUT2D eigenvalue weighted by molar-refractivity contribution is -0.384. The van der Waals surface area contributed by atoms with Gasteiger partial charge in [0.25, 0.3) is 11.6 Å². The average molecular weight is 502 g/mol. The van der Waals surface area contributed by atoms with Gasteiger partial charge in [-0.2, -0.15) is 0 Å². The maximum atomic E-state index is 13.2. The van der Waals surface area contributed by atoms with E-state index in [1.54, 1.807) is 18.2 Å². The number of hydrogen-bond acceptors (Lipinski definition) is 7. The van der Waals surface area contributed by atoms with Crippen LogP contribution in [0.15, 0.2) is 36.4 Å². The number of hydrogen-bond donors (Lipinski definition) is 1. The number of non-ortho nitro benzene ring substituents is 1. The zero-order valence-corrected chi connectivity index (χ0v) is 20.3. The Balaban J connectivity index is 1.50. The highest BCUT2D eigenvalue weighted by molar-refractivity contribution is 6.33. The SMILES string of the molecule is CCC(=O)N1CCN(c2ccc(NC(=O)c3cc([N+](=O)[O-])ccc3N3CCOCC3)cc2Cl)CC1. The number of carbonyl (C=O) groups excluding carboxylic acids is 2. The number of halogens is 1. The Morgan fingerprint density at radius 3 is 2.29 bits per heavy atom. The third kappa shape index (κ3) is 5.66. The largest absolute Gasteiger partial charge is 0.378 e. The van der Waals surface area contributed by atoms with E-state index in [2.05, 4.69) is 10.2 Å². The first kappa shape index (κ1) is 24.7. The molecule has 2 fully saturated rings. The molecule has 186 valence electrons. The number of nitrogens with one attached hydrogen (secondary N) is 1. The molecule has 1 N–H and O–H groups in total. The molecule has 0 spiro atoms. The Labute approximate surface area is 208 Å². The minimum absolute atomic E-state index is 0.145. The van der Waals surface area contributed by atoms with Gasteiger partial charge in [-0.25, -0.2) is 0 Å². The maximum Gasteiger partial charge on any atom is 0.270 e. The van der Waals surface area contributed by atoms with Crippen molar-refractivity contribution in [2.24, 2.45) is 0 Å². The summed E-state index contributed by atoms with van der Waals surface area (Å²) in [7, 11) is 0. The lowest BCUT2D eigenvalue weighted by Gasteiger charge is -2.36. The number of rotatable bonds is 6. The van der Waals surface area contributed by atoms with Gasteiger partial charge >= 0.3 is 0 Å². The minimum Gasteiger partial charge on any atom is -0.378 e. The summed E-state index contributed by atoms with van der Waals surface area (Å²) in [6, 6.07) is 9.58. The predicted octanol–water partition coefficient (Wildman–Crippen LogP) is 3.40. The molecule has 2 aliphatic heterocycles. The summed E-state index contributed by atoms with van der Waals surface area (Å²) < 4.78 is 5.39. The van der Waals surface area contributed by atoms with Gasteiger partial charge in [0.2, 0.25) is 5.91 Å². The van der Waals surface area contributed by atoms with Crippen LogP contribution in [0.5, 0.6) is 0 Å². The van der Waals surface area contributed by atoms with E-state index in [1.807, 2.05) is 22.8 Å². The normalized spacial score (nSPS) is 16.2. The Kier molecular flexibility index (Phi) is 7.72. The molecule has 0 aliphatic carbocycles. The molecule has 2 saturated heterocycles. The number of nitro groups is 1. The fourth-order valence-corrected chi connectivity index (χ4v) is 4.66. The summed E-state index contributed by atoms with van der Waals surface area (Å²) in [5, 5.41) is 14.6. The highest BCUT2D eigenvalue weighted by atomic mass is 35.5. The Hall–Kier alpha value is -3.37. The molecule has 2 heterocycles. The smallest absolute Gasteiger partial charge is 0.270 e. The van der Waals surface area contributed by atoms with E-state index in [1.165, 1.54) is 12.1 Å². The maximum absolute atomic E-state index is 13.2. The summed E-state index contributed by atoms with van der Waals surface area (Å²) in [4.78, 5) is 41.9. The van der Waals surface area contributed by atoms with E-state index in [-0.39, 0.29) is 17.2 Å². The van der Waals surface area contributed by atoms with E-state index < -0.39 is 10.8 Å². The first-order chi connectivity index (χ1) is 16.9. The Morgan fingerprint density at radius 2 is 1.66 bits per heavy atom. The van der Waals surface area contributed by atoms with E-state index in [0.717, 1.165) is 5.69 Å². The lowest BCUT2D eigenvalue weighted by Crippen LogP contribution is -2.48. The molecule has 0 unspecified atom stereocenters. The number of ether oxygens (including phenoxy) is 1. The first-order valence-electron chi connectivity index (χ1n) is 11.6. The molecule has 0 bridgehead atoms. The van der Waals surface area contributed by atoms with E-state index in [9.17, 15) is 19.7 Å². The van der Waals surface area contributed by atoms with E-state index in [4.69, 9.17) is 16.3 Å². The molecular weight excluding hydrogens is 474 g/mol. The van der Waals surface area contributed by atoms with E-state index >= 15 is 0 Å². The van der Waals surface area contributed by atoms with Crippen LogP contribution in [0.1, 0.15) is 23.7 Å². The van der Waals surface area contributed by atoms with Gasteiger partial charge in [0.1, 0.15) is 0 Å². The van der Waals surface area contributed by atoms with Crippen LogP contribution in [0.25, 0.3) is 0 Å². The van der Waals surface area contributed by atoms with Crippen molar-refractivity contribution in [3.63, 3.8) is 0 Å². The van der Waals surface area contributed by atoms with Gasteiger partial charge in [-0.1, -0.05) is 18.5 Å². The number of benzene rings is 2. The molecule has 10 nitrogen and oxygen atoms in total. The molecule has 2 aliphatic rings. The number of piperazine rings is 1. The summed E-state index contributed by atoms with van der Waals surface area (Å²) in [5.41, 5.74) is 2.01. The molecule has 2 aromatic rings. The quantitative estimate of drug-likeness (QED) is 0.477. The van der Waals surface area contributed by atoms with Crippen LogP contribution in [0, 0.1) is 10.1 Å². The number of nitrogens with zero attached hydrogens (tertiary/aromatic N) is 4. The monoisotopic (exact) mass is 501 g/mol. The van der Waals surface area contributed by atoms with E-state index in [0.29, 0.717) is 75.3 Å². The van der Waals surface area contributed by atoms with Crippen molar-refractivity contribution >= 4 is 46.2 Å². The highest BCUT2D eigenvalue weighted by Crippen LogP contribution is 2.31. The topological polar surface area (TPSA) is 108 Å². The van der Waals surface area contributed by atoms with Crippen LogP contribution < -0.4 is 15.1 Å². The molecule has 2 aromatic carbocycles. The zero-order chi connectivity index (χ0) is 24.9. The number of morpholine rings is 1. The molecule has 35 heavy (non-hydrogen) atoms. The fourth-order valence-electron chi connectivity index (χ4n) is 4.36. The number of anilines is 3. The highest BCUT2D eigenvalue weighted by Gasteiger charge is 2.24. The zero-order valence-electron chi connectivity index (χ0n) is 19.5. The van der Waals surface area contributed by atoms with Crippen molar-refractivity contribution in [1.29, 1.82) is 0 Å². The molecule has 0 radical (unpaired) electrons. The van der Waals surface area contributed by atoms with Crippen molar-refractivity contribution in [3.8, 4) is 0 Å². The number of amides is 2. The van der Waals surface area contributed by atoms with Gasteiger partial charge in [0.05, 0.1) is 40.1 Å². The summed E-state index contributed by atoms with van der Waals surface area (Å²) in [6.07, 6.45) is 0.493. The predicted molar refractivity (Wildman–Crippen MR) is 135 cm³/mol. The Bertz CT molecular complexity index is 1110. The van der Waals surface area contributed by atoms with Gasteiger partial charge in [-0.15, -0.1) is 0 Å². The number of nitro benzene ring substituents is 1. The van der Waals surface area contributed by atoms with Gasteiger partial charge in [-0.3, -0.25) is 19.7 Å². The second-order valence-corrected chi connectivity index (χ2v) is 8.81. The minimum atomic E-state index is -0.515.